The van der Waals surface area contributed by atoms with Gasteiger partial charge in [0.25, 0.3) is 5.60 Å². The molecule has 0 aliphatic rings. The Hall–Kier alpha value is -2.98. The molecule has 0 amide bonds. The average Bonchev–Trinajstić information content (AvgIpc) is 2.92. The Kier molecular flexibility index (Phi) is 13.0. The fourth-order valence-electron chi connectivity index (χ4n) is 3.13. The molecule has 2 N–H and O–H groups in total. The third-order valence-electron chi connectivity index (χ3n) is 6.52. The quantitative estimate of drug-likeness (QED) is 0.149. The maximum Gasteiger partial charge on any atom is 0.429 e. The number of carbonyl (C=O) groups excluding carboxylic acids is 1. The van der Waals surface area contributed by atoms with Crippen LogP contribution in [0, 0.1) is 0 Å². The lowest BCUT2D eigenvalue weighted by molar-refractivity contribution is -0.373. The molecule has 0 saturated carbocycles. The van der Waals surface area contributed by atoms with Crippen molar-refractivity contribution in [3.05, 3.63) is 65.2 Å². The highest BCUT2D eigenvalue weighted by Crippen LogP contribution is 2.43. The number of esters is 1. The Morgan fingerprint density at radius 1 is 0.767 bits per heavy atom. The number of rotatable bonds is 11. The summed E-state index contributed by atoms with van der Waals surface area (Å²) in [6.45, 7) is 4.19. The first-order chi connectivity index (χ1) is 19.5. The van der Waals surface area contributed by atoms with Crippen LogP contribution in [0.5, 0.6) is 5.75 Å². The fraction of sp³-hybridized carbons (Fsp3) is 0.519. The predicted molar refractivity (Wildman–Crippen MR) is 140 cm³/mol. The molecule has 2 rings (SSSR count). The van der Waals surface area contributed by atoms with E-state index >= 15 is 0 Å². The van der Waals surface area contributed by atoms with E-state index in [1.807, 2.05) is 27.7 Å². The summed E-state index contributed by atoms with van der Waals surface area (Å²) in [7, 11) is -5.61. The van der Waals surface area contributed by atoms with Crippen LogP contribution in [0.15, 0.2) is 48.5 Å². The van der Waals surface area contributed by atoms with Gasteiger partial charge in [0.1, 0.15) is 12.4 Å². The Balaban J connectivity index is 0.000000430. The highest BCUT2D eigenvalue weighted by molar-refractivity contribution is 7.86. The number of aliphatic hydroxyl groups is 1. The number of halogens is 8. The van der Waals surface area contributed by atoms with E-state index in [1.54, 1.807) is 24.3 Å². The molecule has 244 valence electrons. The lowest BCUT2D eigenvalue weighted by atomic mass is 9.98. The van der Waals surface area contributed by atoms with Crippen LogP contribution in [0.25, 0.3) is 0 Å². The van der Waals surface area contributed by atoms with Crippen molar-refractivity contribution in [1.82, 2.24) is 0 Å². The molecule has 2 atom stereocenters. The predicted octanol–water partition coefficient (Wildman–Crippen LogP) is 7.27. The summed E-state index contributed by atoms with van der Waals surface area (Å²) in [5.74, 6) is -0.775. The summed E-state index contributed by atoms with van der Waals surface area (Å²) in [5, 5.41) is 4.42. The van der Waals surface area contributed by atoms with Crippen molar-refractivity contribution in [2.24, 2.45) is 0 Å². The molecule has 43 heavy (non-hydrogen) atoms. The van der Waals surface area contributed by atoms with E-state index in [2.05, 4.69) is 9.47 Å². The average molecular weight is 653 g/mol. The van der Waals surface area contributed by atoms with Crippen molar-refractivity contribution in [1.29, 1.82) is 0 Å². The zero-order valence-corrected chi connectivity index (χ0v) is 24.3. The van der Waals surface area contributed by atoms with E-state index in [1.165, 1.54) is 24.3 Å². The Morgan fingerprint density at radius 3 is 1.51 bits per heavy atom. The van der Waals surface area contributed by atoms with Gasteiger partial charge in [-0.1, -0.05) is 52.0 Å². The lowest BCUT2D eigenvalue weighted by Crippen LogP contribution is -2.60. The van der Waals surface area contributed by atoms with Crippen molar-refractivity contribution in [3.8, 4) is 5.75 Å². The van der Waals surface area contributed by atoms with Gasteiger partial charge < -0.3 is 14.6 Å². The third kappa shape index (κ3) is 10.3. The third-order valence-corrected chi connectivity index (χ3v) is 7.40. The van der Waals surface area contributed by atoms with Gasteiger partial charge in [-0.05, 0) is 60.1 Å². The SMILES string of the molecule is CCC(C)c1ccc(C(=O)OCC(F)(F)S(=O)(=O)O)cc1.CCC(C)c1ccc(OCC(O)(C(F)(F)F)C(F)(F)F)cc1. The van der Waals surface area contributed by atoms with E-state index < -0.39 is 52.5 Å². The molecule has 0 heterocycles. The molecule has 2 unspecified atom stereocenters. The van der Waals surface area contributed by atoms with Crippen LogP contribution in [0.3, 0.4) is 0 Å². The summed E-state index contributed by atoms with van der Waals surface area (Å²) in [6, 6.07) is 11.8. The van der Waals surface area contributed by atoms with Gasteiger partial charge in [0.15, 0.2) is 6.61 Å². The molecular formula is C27H32F8O7S. The number of benzene rings is 2. The first kappa shape index (κ1) is 38.0. The van der Waals surface area contributed by atoms with E-state index in [0.29, 0.717) is 5.92 Å². The first-order valence-corrected chi connectivity index (χ1v) is 14.1. The largest absolute Gasteiger partial charge is 0.490 e. The van der Waals surface area contributed by atoms with E-state index in [0.717, 1.165) is 24.0 Å². The summed E-state index contributed by atoms with van der Waals surface area (Å²) in [5.41, 5.74) is -3.02. The Morgan fingerprint density at radius 2 is 1.16 bits per heavy atom. The van der Waals surface area contributed by atoms with Crippen LogP contribution in [0.2, 0.25) is 0 Å². The molecule has 0 aliphatic carbocycles. The highest BCUT2D eigenvalue weighted by atomic mass is 32.2. The van der Waals surface area contributed by atoms with Crippen molar-refractivity contribution < 1.29 is 67.5 Å². The molecule has 0 bridgehead atoms. The van der Waals surface area contributed by atoms with Gasteiger partial charge in [0, 0.05) is 0 Å². The number of carbonyl (C=O) groups is 1. The number of ether oxygens (including phenoxy) is 2. The van der Waals surface area contributed by atoms with Crippen molar-refractivity contribution >= 4 is 16.1 Å². The van der Waals surface area contributed by atoms with Crippen LogP contribution < -0.4 is 4.74 Å². The lowest BCUT2D eigenvalue weighted by Gasteiger charge is -2.31. The van der Waals surface area contributed by atoms with Crippen LogP contribution in [-0.4, -0.2) is 60.5 Å². The summed E-state index contributed by atoms with van der Waals surface area (Å²) in [4.78, 5) is 11.5. The van der Waals surface area contributed by atoms with Crippen LogP contribution in [0.1, 0.15) is 73.9 Å². The monoisotopic (exact) mass is 652 g/mol. The zero-order valence-electron chi connectivity index (χ0n) is 23.5. The number of alkyl halides is 8. The minimum atomic E-state index is -5.89. The van der Waals surface area contributed by atoms with Crippen LogP contribution in [0.4, 0.5) is 35.1 Å². The van der Waals surface area contributed by atoms with Crippen molar-refractivity contribution in [3.63, 3.8) is 0 Å². The summed E-state index contributed by atoms with van der Waals surface area (Å²) >= 11 is 0. The van der Waals surface area contributed by atoms with Gasteiger partial charge in [-0.25, -0.2) is 4.79 Å². The molecule has 0 fully saturated rings. The van der Waals surface area contributed by atoms with Gasteiger partial charge in [0.2, 0.25) is 0 Å². The number of hydrogen-bond donors (Lipinski definition) is 2. The second-order valence-electron chi connectivity index (χ2n) is 9.64. The van der Waals surface area contributed by atoms with Crippen LogP contribution >= 0.6 is 0 Å². The zero-order chi connectivity index (χ0) is 33.4. The van der Waals surface area contributed by atoms with Crippen molar-refractivity contribution in [2.45, 2.75) is 75.6 Å². The molecule has 0 spiro atoms. The van der Waals surface area contributed by atoms with E-state index in [-0.39, 0.29) is 17.2 Å². The molecule has 2 aromatic carbocycles. The molecular weight excluding hydrogens is 620 g/mol. The van der Waals surface area contributed by atoms with Gasteiger partial charge >= 0.3 is 33.7 Å². The van der Waals surface area contributed by atoms with E-state index in [4.69, 9.17) is 9.66 Å². The fourth-order valence-corrected chi connectivity index (χ4v) is 3.34. The van der Waals surface area contributed by atoms with E-state index in [9.17, 15) is 48.3 Å². The highest BCUT2D eigenvalue weighted by Gasteiger charge is 2.71. The van der Waals surface area contributed by atoms with Crippen LogP contribution in [-0.2, 0) is 14.9 Å². The number of hydrogen-bond acceptors (Lipinski definition) is 6. The van der Waals surface area contributed by atoms with Gasteiger partial charge in [-0.3, -0.25) is 4.55 Å². The smallest absolute Gasteiger partial charge is 0.429 e. The maximum absolute atomic E-state index is 12.9. The van der Waals surface area contributed by atoms with Gasteiger partial charge in [-0.15, -0.1) is 0 Å². The molecule has 16 heteroatoms. The summed E-state index contributed by atoms with van der Waals surface area (Å²) in [6.07, 6.45) is -10.0. The molecule has 0 aromatic heterocycles. The molecule has 0 saturated heterocycles. The maximum atomic E-state index is 12.9. The molecule has 7 nitrogen and oxygen atoms in total. The normalized spacial score (nSPS) is 14.3. The Labute approximate surface area is 243 Å². The minimum absolute atomic E-state index is 0.0215. The van der Waals surface area contributed by atoms with Crippen molar-refractivity contribution in [2.75, 3.05) is 13.2 Å². The molecule has 0 aliphatic heterocycles. The second kappa shape index (κ2) is 14.7. The first-order valence-electron chi connectivity index (χ1n) is 12.7. The van der Waals surface area contributed by atoms with Gasteiger partial charge in [0.05, 0.1) is 5.56 Å². The standard InChI is InChI=1S/C14H16F6O2.C13H16F2O5S/c1-3-9(2)10-4-6-11(7-5-10)22-8-12(21,13(15,16)17)14(18,19)20;1-3-9(2)10-4-6-11(7-5-10)12(16)20-8-13(14,15)21(17,18)19/h4-7,9,21H,3,8H2,1-2H3;4-7,9H,3,8H2,1-2H3,(H,17,18,19). The molecule has 0 radical (unpaired) electrons. The molecule has 2 aromatic rings. The van der Waals surface area contributed by atoms with Gasteiger partial charge in [-0.2, -0.15) is 43.5 Å². The topological polar surface area (TPSA) is 110 Å². The second-order valence-corrected chi connectivity index (χ2v) is 11.2. The summed E-state index contributed by atoms with van der Waals surface area (Å²) < 4.78 is 138. The minimum Gasteiger partial charge on any atom is -0.490 e. The Bertz CT molecular complexity index is 1260.